The number of hydrogen-bond donors (Lipinski definition) is 2. The zero-order valence-electron chi connectivity index (χ0n) is 22.4. The van der Waals surface area contributed by atoms with Gasteiger partial charge in [-0.2, -0.15) is 5.21 Å². The molecular formula is C32H33N5O3. The van der Waals surface area contributed by atoms with Crippen molar-refractivity contribution in [2.24, 2.45) is 0 Å². The van der Waals surface area contributed by atoms with Gasteiger partial charge in [0.25, 0.3) is 0 Å². The molecule has 0 saturated carbocycles. The number of fused-ring (bicyclic) bond motifs is 1. The fourth-order valence-electron chi connectivity index (χ4n) is 4.91. The Hall–Kier alpha value is -4.72. The second-order valence-corrected chi connectivity index (χ2v) is 9.78. The Morgan fingerprint density at radius 2 is 1.77 bits per heavy atom. The lowest BCUT2D eigenvalue weighted by Gasteiger charge is -2.07. The Kier molecular flexibility index (Phi) is 8.98. The van der Waals surface area contributed by atoms with E-state index in [1.54, 1.807) is 0 Å². The number of carbonyl (C=O) groups is 1. The van der Waals surface area contributed by atoms with Crippen molar-refractivity contribution < 1.29 is 14.6 Å². The molecule has 0 aliphatic rings. The van der Waals surface area contributed by atoms with E-state index in [0.717, 1.165) is 65.6 Å². The molecule has 5 aromatic rings. The van der Waals surface area contributed by atoms with E-state index in [1.807, 2.05) is 54.7 Å². The number of aromatic nitrogens is 5. The van der Waals surface area contributed by atoms with E-state index >= 15 is 0 Å². The van der Waals surface area contributed by atoms with Gasteiger partial charge in [0, 0.05) is 30.1 Å². The highest BCUT2D eigenvalue weighted by molar-refractivity contribution is 5.96. The van der Waals surface area contributed by atoms with Gasteiger partial charge in [-0.05, 0) is 66.1 Å². The van der Waals surface area contributed by atoms with Crippen molar-refractivity contribution in [3.05, 3.63) is 107 Å². The number of benzene rings is 3. The maximum absolute atomic E-state index is 11.6. The van der Waals surface area contributed by atoms with Crippen LogP contribution in [-0.4, -0.2) is 42.9 Å². The molecule has 5 rings (SSSR count). The number of ether oxygens (including phenoxy) is 1. The van der Waals surface area contributed by atoms with Crippen LogP contribution in [-0.2, 0) is 30.6 Å². The number of hydrogen-bond acceptors (Lipinski definition) is 5. The molecule has 0 radical (unpaired) electrons. The summed E-state index contributed by atoms with van der Waals surface area (Å²) in [5, 5.41) is 24.6. The summed E-state index contributed by atoms with van der Waals surface area (Å²) in [6.45, 7) is 1.42. The summed E-state index contributed by atoms with van der Waals surface area (Å²) in [4.78, 5) is 11.6. The molecule has 3 aromatic carbocycles. The average Bonchev–Trinajstić information content (AvgIpc) is 3.61. The third-order valence-electron chi connectivity index (χ3n) is 6.85. The normalized spacial score (nSPS) is 11.4. The Labute approximate surface area is 233 Å². The molecule has 0 atom stereocenters. The number of H-pyrrole nitrogens is 1. The lowest BCUT2D eigenvalue weighted by Crippen LogP contribution is -2.01. The average molecular weight is 536 g/mol. The smallest absolute Gasteiger partial charge is 0.307 e. The quantitative estimate of drug-likeness (QED) is 0.134. The SMILES string of the molecule is O=C(O)Cc1cn(CCCc2nn[nH]n2)c2cccc(C=Cc3ccc(OCCCCc4ccccc4)cc3)c12. The van der Waals surface area contributed by atoms with Gasteiger partial charge in [0.1, 0.15) is 5.75 Å². The summed E-state index contributed by atoms with van der Waals surface area (Å²) in [5.74, 6) is 0.686. The zero-order chi connectivity index (χ0) is 27.6. The standard InChI is InChI=1S/C32H33N5O3/c38-31(39)22-27-23-37(20-7-13-30-33-35-36-34-30)29-12-6-11-26(32(27)29)17-14-25-15-18-28(19-16-25)40-21-5-4-10-24-8-2-1-3-9-24/h1-3,6,8-9,11-12,14-19,23H,4-5,7,10,13,20-22H2,(H,38,39)(H,33,34,35,36). The molecule has 0 bridgehead atoms. The van der Waals surface area contributed by atoms with Crippen LogP contribution in [0.3, 0.4) is 0 Å². The van der Waals surface area contributed by atoms with E-state index in [9.17, 15) is 9.90 Å². The van der Waals surface area contributed by atoms with Gasteiger partial charge in [0.15, 0.2) is 5.82 Å². The van der Waals surface area contributed by atoms with Crippen LogP contribution in [0.2, 0.25) is 0 Å². The van der Waals surface area contributed by atoms with Crippen LogP contribution in [0, 0.1) is 0 Å². The van der Waals surface area contributed by atoms with E-state index in [0.29, 0.717) is 18.9 Å². The first-order chi connectivity index (χ1) is 19.7. The van der Waals surface area contributed by atoms with E-state index in [-0.39, 0.29) is 6.42 Å². The number of carboxylic acids is 1. The Morgan fingerprint density at radius 1 is 0.925 bits per heavy atom. The van der Waals surface area contributed by atoms with Crippen molar-refractivity contribution in [2.75, 3.05) is 6.61 Å². The fourth-order valence-corrected chi connectivity index (χ4v) is 4.91. The topological polar surface area (TPSA) is 106 Å². The molecule has 204 valence electrons. The minimum atomic E-state index is -0.847. The second kappa shape index (κ2) is 13.4. The summed E-state index contributed by atoms with van der Waals surface area (Å²) in [7, 11) is 0. The number of nitrogens with one attached hydrogen (secondary N) is 1. The van der Waals surface area contributed by atoms with Crippen LogP contribution in [0.15, 0.2) is 79.0 Å². The first-order valence-electron chi connectivity index (χ1n) is 13.7. The van der Waals surface area contributed by atoms with E-state index in [4.69, 9.17) is 4.74 Å². The summed E-state index contributed by atoms with van der Waals surface area (Å²) in [6.07, 6.45) is 10.7. The molecule has 0 amide bonds. The third-order valence-corrected chi connectivity index (χ3v) is 6.85. The second-order valence-electron chi connectivity index (χ2n) is 9.78. The molecule has 0 aliphatic carbocycles. The molecule has 0 aliphatic heterocycles. The Bertz CT molecular complexity index is 1540. The largest absolute Gasteiger partial charge is 0.494 e. The van der Waals surface area contributed by atoms with Crippen LogP contribution in [0.4, 0.5) is 0 Å². The molecule has 2 N–H and O–H groups in total. The molecule has 0 fully saturated rings. The summed E-state index contributed by atoms with van der Waals surface area (Å²) in [6, 6.07) is 24.7. The summed E-state index contributed by atoms with van der Waals surface area (Å²) < 4.78 is 8.06. The van der Waals surface area contributed by atoms with Gasteiger partial charge in [-0.25, -0.2) is 0 Å². The monoisotopic (exact) mass is 535 g/mol. The molecule has 8 nitrogen and oxygen atoms in total. The van der Waals surface area contributed by atoms with Gasteiger partial charge < -0.3 is 14.4 Å². The highest BCUT2D eigenvalue weighted by Crippen LogP contribution is 2.28. The van der Waals surface area contributed by atoms with Crippen molar-refractivity contribution in [2.45, 2.75) is 45.1 Å². The summed E-state index contributed by atoms with van der Waals surface area (Å²) >= 11 is 0. The van der Waals surface area contributed by atoms with Crippen LogP contribution in [0.5, 0.6) is 5.75 Å². The van der Waals surface area contributed by atoms with Crippen LogP contribution >= 0.6 is 0 Å². The first kappa shape index (κ1) is 26.9. The maximum atomic E-state index is 11.6. The van der Waals surface area contributed by atoms with Crippen molar-refractivity contribution >= 4 is 29.0 Å². The predicted molar refractivity (Wildman–Crippen MR) is 156 cm³/mol. The number of rotatable bonds is 14. The van der Waals surface area contributed by atoms with Gasteiger partial charge in [0.05, 0.1) is 13.0 Å². The number of tetrazole rings is 1. The van der Waals surface area contributed by atoms with Gasteiger partial charge in [-0.1, -0.05) is 72.0 Å². The number of aliphatic carboxylic acids is 1. The predicted octanol–water partition coefficient (Wildman–Crippen LogP) is 5.99. The van der Waals surface area contributed by atoms with E-state index in [1.165, 1.54) is 5.56 Å². The van der Waals surface area contributed by atoms with E-state index < -0.39 is 5.97 Å². The number of unbranched alkanes of at least 4 members (excludes halogenated alkanes) is 1. The number of nitrogens with zero attached hydrogens (tertiary/aromatic N) is 4. The van der Waals surface area contributed by atoms with Crippen molar-refractivity contribution in [1.29, 1.82) is 0 Å². The minimum absolute atomic E-state index is 0.0312. The highest BCUT2D eigenvalue weighted by Gasteiger charge is 2.14. The van der Waals surface area contributed by atoms with Crippen molar-refractivity contribution in [3.8, 4) is 5.75 Å². The molecule has 0 spiro atoms. The lowest BCUT2D eigenvalue weighted by molar-refractivity contribution is -0.136. The van der Waals surface area contributed by atoms with Crippen LogP contribution in [0.1, 0.15) is 47.3 Å². The third kappa shape index (κ3) is 7.22. The maximum Gasteiger partial charge on any atom is 0.307 e. The minimum Gasteiger partial charge on any atom is -0.494 e. The summed E-state index contributed by atoms with van der Waals surface area (Å²) in [5.41, 5.74) is 5.22. The molecule has 0 unspecified atom stereocenters. The highest BCUT2D eigenvalue weighted by atomic mass is 16.5. The Balaban J connectivity index is 1.22. The fraction of sp³-hybridized carbons (Fsp3) is 0.250. The van der Waals surface area contributed by atoms with Gasteiger partial charge in [-0.15, -0.1) is 10.2 Å². The molecule has 0 saturated heterocycles. The van der Waals surface area contributed by atoms with Crippen LogP contribution in [0.25, 0.3) is 23.1 Å². The molecule has 2 heterocycles. The zero-order valence-corrected chi connectivity index (χ0v) is 22.4. The van der Waals surface area contributed by atoms with Crippen molar-refractivity contribution in [3.63, 3.8) is 0 Å². The van der Waals surface area contributed by atoms with Gasteiger partial charge >= 0.3 is 5.97 Å². The van der Waals surface area contributed by atoms with Crippen molar-refractivity contribution in [1.82, 2.24) is 25.2 Å². The molecule has 8 heteroatoms. The first-order valence-corrected chi connectivity index (χ1v) is 13.7. The molecular weight excluding hydrogens is 502 g/mol. The van der Waals surface area contributed by atoms with Gasteiger partial charge in [0.2, 0.25) is 0 Å². The van der Waals surface area contributed by atoms with E-state index in [2.05, 4.69) is 61.6 Å². The Morgan fingerprint density at radius 3 is 2.55 bits per heavy atom. The number of aryl methyl sites for hydroxylation is 3. The lowest BCUT2D eigenvalue weighted by atomic mass is 10.0. The number of carboxylic acid groups (broad SMARTS) is 1. The molecule has 2 aromatic heterocycles. The van der Waals surface area contributed by atoms with Crippen LogP contribution < -0.4 is 4.74 Å². The molecule has 40 heavy (non-hydrogen) atoms. The number of aromatic amines is 1. The van der Waals surface area contributed by atoms with Gasteiger partial charge in [-0.3, -0.25) is 4.79 Å².